The minimum absolute atomic E-state index is 0.155. The fourth-order valence-corrected chi connectivity index (χ4v) is 4.81. The zero-order valence-electron chi connectivity index (χ0n) is 18.4. The molecule has 0 aliphatic carbocycles. The maximum atomic E-state index is 13.1. The number of aromatic nitrogens is 2. The third-order valence-electron chi connectivity index (χ3n) is 5.34. The van der Waals surface area contributed by atoms with Crippen LogP contribution in [0.2, 0.25) is 0 Å². The second-order valence-electron chi connectivity index (χ2n) is 8.02. The van der Waals surface area contributed by atoms with E-state index >= 15 is 0 Å². The van der Waals surface area contributed by atoms with Crippen LogP contribution in [-0.4, -0.2) is 46.3 Å². The first-order chi connectivity index (χ1) is 15.4. The lowest BCUT2D eigenvalue weighted by molar-refractivity contribution is 0.0317. The molecule has 0 unspecified atom stereocenters. The van der Waals surface area contributed by atoms with Crippen molar-refractivity contribution >= 4 is 21.6 Å². The number of nitrogens with zero attached hydrogens (tertiary/aromatic N) is 2. The number of methoxy groups -OCH3 is 1. The fraction of sp³-hybridized carbons (Fsp3) is 0.333. The van der Waals surface area contributed by atoms with Crippen molar-refractivity contribution in [2.24, 2.45) is 0 Å². The molecule has 0 fully saturated rings. The quantitative estimate of drug-likeness (QED) is 0.400. The van der Waals surface area contributed by atoms with E-state index in [-0.39, 0.29) is 12.2 Å². The summed E-state index contributed by atoms with van der Waals surface area (Å²) in [4.78, 5) is 23.4. The summed E-state index contributed by atoms with van der Waals surface area (Å²) in [5.41, 5.74) is 4.08. The van der Waals surface area contributed by atoms with Crippen LogP contribution in [0.15, 0.2) is 51.2 Å². The van der Waals surface area contributed by atoms with Crippen molar-refractivity contribution in [3.8, 4) is 11.1 Å². The summed E-state index contributed by atoms with van der Waals surface area (Å²) in [6.07, 6.45) is 0.953. The van der Waals surface area contributed by atoms with E-state index < -0.39 is 6.10 Å². The Hall–Kier alpha value is -2.78. The second-order valence-corrected chi connectivity index (χ2v) is 8.88. The number of hydrogen-bond acceptors (Lipinski definition) is 7. The summed E-state index contributed by atoms with van der Waals surface area (Å²) in [5, 5.41) is 12.9. The Bertz CT molecular complexity index is 1250. The van der Waals surface area contributed by atoms with Gasteiger partial charge in [0.15, 0.2) is 0 Å². The molecule has 7 nitrogen and oxygen atoms in total. The summed E-state index contributed by atoms with van der Waals surface area (Å²) < 4.78 is 10.5. The molecular weight excluding hydrogens is 426 g/mol. The number of aliphatic hydroxyl groups is 1. The number of aryl methyl sites for hydroxylation is 2. The zero-order valence-corrected chi connectivity index (χ0v) is 19.2. The van der Waals surface area contributed by atoms with Gasteiger partial charge in [-0.05, 0) is 37.1 Å². The number of rotatable bonds is 9. The summed E-state index contributed by atoms with van der Waals surface area (Å²) in [5.74, 6) is 1.32. The molecule has 0 aliphatic rings. The Morgan fingerprint density at radius 1 is 1.25 bits per heavy atom. The van der Waals surface area contributed by atoms with E-state index in [9.17, 15) is 9.90 Å². The average molecular weight is 454 g/mol. The first kappa shape index (κ1) is 22.4. The number of furan rings is 1. The highest BCUT2D eigenvalue weighted by Gasteiger charge is 2.18. The molecule has 0 radical (unpaired) electrons. The number of H-pyrrole nitrogens is 1. The van der Waals surface area contributed by atoms with Crippen molar-refractivity contribution in [2.45, 2.75) is 33.0 Å². The number of benzene rings is 1. The van der Waals surface area contributed by atoms with E-state index in [0.717, 1.165) is 28.0 Å². The van der Waals surface area contributed by atoms with Crippen LogP contribution in [0.3, 0.4) is 0 Å². The van der Waals surface area contributed by atoms with E-state index in [4.69, 9.17) is 14.1 Å². The zero-order chi connectivity index (χ0) is 22.7. The minimum Gasteiger partial charge on any atom is -0.468 e. The predicted octanol–water partition coefficient (Wildman–Crippen LogP) is 3.87. The highest BCUT2D eigenvalue weighted by Crippen LogP contribution is 2.33. The first-order valence-electron chi connectivity index (χ1n) is 10.4. The van der Waals surface area contributed by atoms with Gasteiger partial charge in [-0.3, -0.25) is 9.69 Å². The third kappa shape index (κ3) is 4.99. The number of hydrogen-bond donors (Lipinski definition) is 2. The van der Waals surface area contributed by atoms with Crippen molar-refractivity contribution in [3.05, 3.63) is 75.0 Å². The number of aromatic amines is 1. The van der Waals surface area contributed by atoms with Crippen LogP contribution < -0.4 is 5.56 Å². The molecule has 3 heterocycles. The molecule has 3 aromatic heterocycles. The van der Waals surface area contributed by atoms with Gasteiger partial charge in [-0.25, -0.2) is 4.98 Å². The van der Waals surface area contributed by atoms with Crippen LogP contribution in [0.5, 0.6) is 0 Å². The maximum Gasteiger partial charge on any atom is 0.260 e. The van der Waals surface area contributed by atoms with Gasteiger partial charge in [0.1, 0.15) is 16.4 Å². The molecule has 4 rings (SSSR count). The minimum atomic E-state index is -0.664. The number of thiophene rings is 1. The van der Waals surface area contributed by atoms with Crippen LogP contribution in [0.25, 0.3) is 21.3 Å². The van der Waals surface area contributed by atoms with Crippen molar-refractivity contribution in [1.82, 2.24) is 14.9 Å². The Morgan fingerprint density at radius 2 is 2.09 bits per heavy atom. The van der Waals surface area contributed by atoms with Crippen molar-refractivity contribution < 1.29 is 14.3 Å². The van der Waals surface area contributed by atoms with Gasteiger partial charge in [0.05, 0.1) is 37.4 Å². The van der Waals surface area contributed by atoms with Crippen LogP contribution in [0.4, 0.5) is 0 Å². The molecule has 4 aromatic rings. The highest BCUT2D eigenvalue weighted by atomic mass is 32.1. The molecule has 168 valence electrons. The highest BCUT2D eigenvalue weighted by molar-refractivity contribution is 7.17. The Kier molecular flexibility index (Phi) is 6.86. The molecule has 0 saturated carbocycles. The smallest absolute Gasteiger partial charge is 0.260 e. The summed E-state index contributed by atoms with van der Waals surface area (Å²) in [6, 6.07) is 9.95. The van der Waals surface area contributed by atoms with Gasteiger partial charge in [-0.1, -0.05) is 23.8 Å². The molecule has 0 amide bonds. The van der Waals surface area contributed by atoms with E-state index in [1.54, 1.807) is 13.4 Å². The van der Waals surface area contributed by atoms with Crippen molar-refractivity contribution in [1.29, 1.82) is 0 Å². The predicted molar refractivity (Wildman–Crippen MR) is 126 cm³/mol. The fourth-order valence-electron chi connectivity index (χ4n) is 3.86. The largest absolute Gasteiger partial charge is 0.468 e. The van der Waals surface area contributed by atoms with Crippen molar-refractivity contribution in [2.75, 3.05) is 20.3 Å². The molecule has 0 bridgehead atoms. The van der Waals surface area contributed by atoms with E-state index in [0.29, 0.717) is 35.7 Å². The average Bonchev–Trinajstić information content (AvgIpc) is 3.40. The lowest BCUT2D eigenvalue weighted by Crippen LogP contribution is -2.35. The SMILES string of the molecule is COC[C@H](O)CN(Cc1nc2scc(-c3cc(C)ccc3C)c2c(=O)[nH]1)Cc1ccco1. The molecule has 1 aromatic carbocycles. The monoisotopic (exact) mass is 453 g/mol. The Balaban J connectivity index is 1.65. The molecule has 8 heteroatoms. The Morgan fingerprint density at radius 3 is 2.84 bits per heavy atom. The van der Waals surface area contributed by atoms with Crippen molar-refractivity contribution in [3.63, 3.8) is 0 Å². The normalized spacial score (nSPS) is 12.7. The van der Waals surface area contributed by atoms with Gasteiger partial charge in [0.2, 0.25) is 0 Å². The topological polar surface area (TPSA) is 91.6 Å². The van der Waals surface area contributed by atoms with E-state index in [1.807, 2.05) is 36.3 Å². The van der Waals surface area contributed by atoms with Gasteiger partial charge in [0, 0.05) is 24.6 Å². The maximum absolute atomic E-state index is 13.1. The number of aliphatic hydroxyl groups excluding tert-OH is 1. The molecular formula is C24H27N3O4S. The molecule has 32 heavy (non-hydrogen) atoms. The molecule has 0 spiro atoms. The number of ether oxygens (including phenoxy) is 1. The molecule has 0 aliphatic heterocycles. The van der Waals surface area contributed by atoms with Gasteiger partial charge < -0.3 is 19.2 Å². The summed E-state index contributed by atoms with van der Waals surface area (Å²) >= 11 is 1.47. The van der Waals surface area contributed by atoms with Gasteiger partial charge >= 0.3 is 0 Å². The lowest BCUT2D eigenvalue weighted by atomic mass is 9.99. The Labute approximate surface area is 190 Å². The van der Waals surface area contributed by atoms with E-state index in [1.165, 1.54) is 11.3 Å². The third-order valence-corrected chi connectivity index (χ3v) is 6.21. The molecule has 1 atom stereocenters. The standard InChI is InChI=1S/C24H27N3O4S/c1-15-6-7-16(2)19(9-15)20-14-32-24-22(20)23(29)25-21(26-24)12-27(10-17(28)13-30-3)11-18-5-4-8-31-18/h4-9,14,17,28H,10-13H2,1-3H3,(H,25,26,29)/t17-/m1/s1. The van der Waals surface area contributed by atoms with Gasteiger partial charge in [0.25, 0.3) is 5.56 Å². The van der Waals surface area contributed by atoms with Gasteiger partial charge in [-0.2, -0.15) is 0 Å². The molecule has 2 N–H and O–H groups in total. The van der Waals surface area contributed by atoms with Gasteiger partial charge in [-0.15, -0.1) is 11.3 Å². The summed E-state index contributed by atoms with van der Waals surface area (Å²) in [6.45, 7) is 5.52. The van der Waals surface area contributed by atoms with Crippen LogP contribution in [0, 0.1) is 13.8 Å². The number of fused-ring (bicyclic) bond motifs is 1. The van der Waals surface area contributed by atoms with Crippen LogP contribution in [-0.2, 0) is 17.8 Å². The van der Waals surface area contributed by atoms with Crippen LogP contribution >= 0.6 is 11.3 Å². The first-order valence-corrected chi connectivity index (χ1v) is 11.3. The lowest BCUT2D eigenvalue weighted by Gasteiger charge is -2.23. The summed E-state index contributed by atoms with van der Waals surface area (Å²) in [7, 11) is 1.55. The van der Waals surface area contributed by atoms with Crippen LogP contribution in [0.1, 0.15) is 22.7 Å². The van der Waals surface area contributed by atoms with E-state index in [2.05, 4.69) is 23.2 Å². The molecule has 0 saturated heterocycles. The second kappa shape index (κ2) is 9.79. The number of nitrogens with one attached hydrogen (secondary N) is 1.